The highest BCUT2D eigenvalue weighted by atomic mass is 16.5. The van der Waals surface area contributed by atoms with E-state index in [1.165, 1.54) is 19.1 Å². The molecule has 0 N–H and O–H groups in total. The van der Waals surface area contributed by atoms with Gasteiger partial charge in [-0.05, 0) is 26.0 Å². The Kier molecular flexibility index (Phi) is 9.48. The van der Waals surface area contributed by atoms with E-state index in [1.807, 2.05) is 0 Å². The van der Waals surface area contributed by atoms with E-state index in [2.05, 4.69) is 14.7 Å². The number of Topliss-reactive ketones (excluding diaryl/α,β-unsaturated/α-hetero) is 1. The van der Waals surface area contributed by atoms with Gasteiger partial charge in [0.05, 0.1) is 6.61 Å². The summed E-state index contributed by atoms with van der Waals surface area (Å²) in [5.74, 6) is -0.599. The summed E-state index contributed by atoms with van der Waals surface area (Å²) in [4.78, 5) is 47.1. The van der Waals surface area contributed by atoms with Crippen LogP contribution in [0.15, 0.2) is 34.3 Å². The van der Waals surface area contributed by atoms with E-state index < -0.39 is 5.97 Å². The average Bonchev–Trinajstić information content (AvgIpc) is 2.42. The van der Waals surface area contributed by atoms with Crippen molar-refractivity contribution in [3.05, 3.63) is 24.3 Å². The molecule has 0 atom stereocenters. The first-order valence-corrected chi connectivity index (χ1v) is 5.95. The highest BCUT2D eigenvalue weighted by Gasteiger charge is 2.03. The van der Waals surface area contributed by atoms with Crippen molar-refractivity contribution < 1.29 is 23.9 Å². The second-order valence-electron chi connectivity index (χ2n) is 3.58. The smallest absolute Gasteiger partial charge is 0.313 e. The van der Waals surface area contributed by atoms with Crippen molar-refractivity contribution in [3.8, 4) is 0 Å². The van der Waals surface area contributed by atoms with Crippen LogP contribution in [0.1, 0.15) is 20.3 Å². The van der Waals surface area contributed by atoms with Gasteiger partial charge in [0.25, 0.3) is 0 Å². The van der Waals surface area contributed by atoms with E-state index in [0.29, 0.717) is 18.0 Å². The Morgan fingerprint density at radius 3 is 1.90 bits per heavy atom. The van der Waals surface area contributed by atoms with Crippen molar-refractivity contribution in [1.82, 2.24) is 0 Å². The van der Waals surface area contributed by atoms with Gasteiger partial charge in [-0.15, -0.1) is 0 Å². The summed E-state index contributed by atoms with van der Waals surface area (Å²) >= 11 is 0. The summed E-state index contributed by atoms with van der Waals surface area (Å²) in [5.41, 5.74) is 0.631. The van der Waals surface area contributed by atoms with Crippen LogP contribution in [-0.2, 0) is 23.9 Å². The number of carbonyl (C=O) groups excluding carboxylic acids is 4. The van der Waals surface area contributed by atoms with Gasteiger partial charge in [0.15, 0.2) is 0 Å². The maximum absolute atomic E-state index is 10.4. The van der Waals surface area contributed by atoms with Gasteiger partial charge in [-0.1, -0.05) is 12.1 Å². The number of hydrogen-bond acceptors (Lipinski definition) is 7. The quantitative estimate of drug-likeness (QED) is 0.358. The summed E-state index contributed by atoms with van der Waals surface area (Å²) in [5, 5.41) is 0. The molecule has 0 fully saturated rings. The molecule has 0 radical (unpaired) electrons. The average molecular weight is 290 g/mol. The molecule has 0 amide bonds. The van der Waals surface area contributed by atoms with Crippen LogP contribution < -0.4 is 0 Å². The molecular weight excluding hydrogens is 276 g/mol. The second-order valence-corrected chi connectivity index (χ2v) is 3.58. The van der Waals surface area contributed by atoms with Crippen LogP contribution >= 0.6 is 0 Å². The minimum Gasteiger partial charge on any atom is -0.466 e. The second kappa shape index (κ2) is 11.0. The number of aliphatic imine (C=N–C) groups is 2. The zero-order chi connectivity index (χ0) is 16.1. The van der Waals surface area contributed by atoms with E-state index >= 15 is 0 Å². The summed E-state index contributed by atoms with van der Waals surface area (Å²) < 4.78 is 4.49. The Labute approximate surface area is 121 Å². The topological polar surface area (TPSA) is 102 Å². The largest absolute Gasteiger partial charge is 0.466 e. The normalized spacial score (nSPS) is 8.29. The molecule has 1 rings (SSSR count). The van der Waals surface area contributed by atoms with Gasteiger partial charge < -0.3 is 4.74 Å². The van der Waals surface area contributed by atoms with Crippen molar-refractivity contribution in [1.29, 1.82) is 0 Å². The Morgan fingerprint density at radius 2 is 1.57 bits per heavy atom. The number of carbonyl (C=O) groups is 2. The first-order chi connectivity index (χ1) is 10.0. The summed E-state index contributed by atoms with van der Waals surface area (Å²) in [7, 11) is 0. The lowest BCUT2D eigenvalue weighted by Gasteiger charge is -1.96. The van der Waals surface area contributed by atoms with Crippen molar-refractivity contribution in [2.45, 2.75) is 20.3 Å². The van der Waals surface area contributed by atoms with Gasteiger partial charge in [0.1, 0.15) is 23.6 Å². The van der Waals surface area contributed by atoms with Crippen LogP contribution in [0, 0.1) is 0 Å². The number of ether oxygens (including phenoxy) is 1. The number of isocyanates is 2. The number of hydrogen-bond donors (Lipinski definition) is 0. The Morgan fingerprint density at radius 1 is 1.10 bits per heavy atom. The van der Waals surface area contributed by atoms with Crippen LogP contribution in [0.3, 0.4) is 0 Å². The van der Waals surface area contributed by atoms with Crippen LogP contribution in [0.25, 0.3) is 0 Å². The Bertz CT molecular complexity index is 548. The molecular formula is C14H14N2O5. The highest BCUT2D eigenvalue weighted by Crippen LogP contribution is 2.25. The first kappa shape index (κ1) is 18.1. The molecule has 110 valence electrons. The lowest BCUT2D eigenvalue weighted by Crippen LogP contribution is -2.07. The van der Waals surface area contributed by atoms with E-state index in [0.717, 1.165) is 0 Å². The maximum atomic E-state index is 10.4. The molecule has 7 nitrogen and oxygen atoms in total. The first-order valence-electron chi connectivity index (χ1n) is 5.95. The van der Waals surface area contributed by atoms with Crippen molar-refractivity contribution in [3.63, 3.8) is 0 Å². The van der Waals surface area contributed by atoms with Crippen molar-refractivity contribution >= 4 is 35.3 Å². The number of esters is 1. The number of nitrogens with zero attached hydrogens (tertiary/aromatic N) is 2. The molecule has 0 aliphatic heterocycles. The van der Waals surface area contributed by atoms with Gasteiger partial charge in [-0.25, -0.2) is 9.59 Å². The molecule has 1 aromatic carbocycles. The zero-order valence-corrected chi connectivity index (χ0v) is 11.7. The fraction of sp³-hybridized carbons (Fsp3) is 0.286. The molecule has 0 aliphatic carbocycles. The predicted octanol–water partition coefficient (Wildman–Crippen LogP) is 2.15. The molecule has 0 saturated heterocycles. The molecule has 1 aromatic rings. The monoisotopic (exact) mass is 290 g/mol. The van der Waals surface area contributed by atoms with Gasteiger partial charge >= 0.3 is 5.97 Å². The minimum atomic E-state index is -0.440. The SMILES string of the molecule is CCOC(=O)CC(C)=O.O=C=Nc1ccccc1N=C=O. The Hall–Kier alpha value is -2.88. The van der Waals surface area contributed by atoms with Crippen LogP contribution in [0.4, 0.5) is 11.4 Å². The van der Waals surface area contributed by atoms with E-state index in [-0.39, 0.29) is 12.2 Å². The number of benzene rings is 1. The molecule has 0 saturated carbocycles. The van der Waals surface area contributed by atoms with Gasteiger partial charge in [0, 0.05) is 0 Å². The number of rotatable bonds is 5. The molecule has 0 aliphatic rings. The predicted molar refractivity (Wildman–Crippen MR) is 73.9 cm³/mol. The Balaban J connectivity index is 0.000000400. The van der Waals surface area contributed by atoms with Gasteiger partial charge in [-0.3, -0.25) is 9.59 Å². The van der Waals surface area contributed by atoms with E-state index in [4.69, 9.17) is 0 Å². The molecule has 0 bridgehead atoms. The number of para-hydroxylation sites is 2. The highest BCUT2D eigenvalue weighted by molar-refractivity contribution is 5.94. The minimum absolute atomic E-state index is 0.103. The molecule has 0 unspecified atom stereocenters. The fourth-order valence-corrected chi connectivity index (χ4v) is 1.17. The van der Waals surface area contributed by atoms with Crippen LogP contribution in [-0.4, -0.2) is 30.5 Å². The lowest BCUT2D eigenvalue weighted by molar-refractivity contribution is -0.145. The third kappa shape index (κ3) is 8.77. The van der Waals surface area contributed by atoms with Crippen molar-refractivity contribution in [2.24, 2.45) is 9.98 Å². The van der Waals surface area contributed by atoms with Gasteiger partial charge in [0.2, 0.25) is 12.2 Å². The summed E-state index contributed by atoms with van der Waals surface area (Å²) in [6, 6.07) is 6.47. The number of ketones is 1. The zero-order valence-electron chi connectivity index (χ0n) is 11.7. The van der Waals surface area contributed by atoms with Crippen LogP contribution in [0.2, 0.25) is 0 Å². The molecule has 0 aromatic heterocycles. The van der Waals surface area contributed by atoms with Gasteiger partial charge in [-0.2, -0.15) is 9.98 Å². The molecule has 7 heteroatoms. The summed E-state index contributed by atoms with van der Waals surface area (Å²) in [6.45, 7) is 3.40. The van der Waals surface area contributed by atoms with Crippen molar-refractivity contribution in [2.75, 3.05) is 6.61 Å². The maximum Gasteiger partial charge on any atom is 0.313 e. The van der Waals surface area contributed by atoms with Crippen LogP contribution in [0.5, 0.6) is 0 Å². The molecule has 0 heterocycles. The van der Waals surface area contributed by atoms with E-state index in [9.17, 15) is 19.2 Å². The standard InChI is InChI=1S/C8H4N2O2.C6H10O3/c11-5-9-7-3-1-2-4-8(7)10-6-12;1-3-9-6(8)4-5(2)7/h1-4H;3-4H2,1-2H3. The van der Waals surface area contributed by atoms with E-state index in [1.54, 1.807) is 31.2 Å². The molecule has 0 spiro atoms. The lowest BCUT2D eigenvalue weighted by atomic mass is 10.3. The molecule has 21 heavy (non-hydrogen) atoms. The third-order valence-corrected chi connectivity index (χ3v) is 1.91. The summed E-state index contributed by atoms with van der Waals surface area (Å²) in [6.07, 6.45) is 2.63. The fourth-order valence-electron chi connectivity index (χ4n) is 1.17. The third-order valence-electron chi connectivity index (χ3n) is 1.91.